The van der Waals surface area contributed by atoms with Crippen LogP contribution in [-0.2, 0) is 19.4 Å². The number of esters is 1. The van der Waals surface area contributed by atoms with E-state index in [0.717, 1.165) is 37.8 Å². The largest absolute Gasteiger partial charge is 0.452 e. The van der Waals surface area contributed by atoms with Gasteiger partial charge in [0.05, 0.1) is 17.1 Å². The van der Waals surface area contributed by atoms with Gasteiger partial charge in [0.1, 0.15) is 11.6 Å². The van der Waals surface area contributed by atoms with Crippen molar-refractivity contribution in [2.24, 2.45) is 0 Å². The minimum atomic E-state index is -3.17. The summed E-state index contributed by atoms with van der Waals surface area (Å²) in [4.78, 5) is 26.3. The average Bonchev–Trinajstić information content (AvgIpc) is 3.22. The lowest BCUT2D eigenvalue weighted by atomic mass is 10.1. The van der Waals surface area contributed by atoms with Gasteiger partial charge in [-0.15, -0.1) is 0 Å². The maximum absolute atomic E-state index is 13.2. The van der Waals surface area contributed by atoms with Crippen LogP contribution in [0, 0.1) is 11.6 Å². The van der Waals surface area contributed by atoms with Crippen LogP contribution in [0.25, 0.3) is 0 Å². The smallest absolute Gasteiger partial charge is 0.338 e. The maximum atomic E-state index is 13.2. The Kier molecular flexibility index (Phi) is 5.78. The molecule has 1 saturated heterocycles. The highest BCUT2D eigenvalue weighted by Gasteiger charge is 2.39. The fourth-order valence-electron chi connectivity index (χ4n) is 3.84. The summed E-state index contributed by atoms with van der Waals surface area (Å²) in [7, 11) is -3.17. The highest BCUT2D eigenvalue weighted by atomic mass is 32.2. The van der Waals surface area contributed by atoms with E-state index in [0.29, 0.717) is 12.5 Å². The van der Waals surface area contributed by atoms with Gasteiger partial charge < -0.3 is 9.64 Å². The molecule has 9 heteroatoms. The zero-order valence-corrected chi connectivity index (χ0v) is 15.5. The zero-order chi connectivity index (χ0) is 19.6. The molecule has 2 fully saturated rings. The molecule has 0 unspecified atom stereocenters. The molecular weight excluding hydrogens is 380 g/mol. The average molecular weight is 401 g/mol. The Bertz CT molecular complexity index is 816. The van der Waals surface area contributed by atoms with Crippen LogP contribution in [0.2, 0.25) is 0 Å². The molecule has 1 amide bonds. The topological polar surface area (TPSA) is 80.8 Å². The summed E-state index contributed by atoms with van der Waals surface area (Å²) in [5.74, 6) is -3.37. The van der Waals surface area contributed by atoms with Gasteiger partial charge in [0.25, 0.3) is 5.91 Å². The first-order valence-electron chi connectivity index (χ1n) is 8.90. The first-order chi connectivity index (χ1) is 12.7. The van der Waals surface area contributed by atoms with Crippen molar-refractivity contribution in [3.05, 3.63) is 35.4 Å². The van der Waals surface area contributed by atoms with E-state index in [9.17, 15) is 26.8 Å². The molecule has 0 bridgehead atoms. The minimum Gasteiger partial charge on any atom is -0.452 e. The molecule has 1 heterocycles. The predicted molar refractivity (Wildman–Crippen MR) is 92.8 cm³/mol. The summed E-state index contributed by atoms with van der Waals surface area (Å²) in [6.45, 7) is -0.593. The van der Waals surface area contributed by atoms with Crippen molar-refractivity contribution in [3.63, 3.8) is 0 Å². The molecule has 1 saturated carbocycles. The van der Waals surface area contributed by atoms with Crippen LogP contribution in [0.1, 0.15) is 42.5 Å². The summed E-state index contributed by atoms with van der Waals surface area (Å²) in [5, 5.41) is 0. The van der Waals surface area contributed by atoms with E-state index < -0.39 is 46.0 Å². The van der Waals surface area contributed by atoms with Crippen LogP contribution >= 0.6 is 0 Å². The van der Waals surface area contributed by atoms with Crippen molar-refractivity contribution in [1.29, 1.82) is 0 Å². The number of halogens is 2. The van der Waals surface area contributed by atoms with E-state index in [-0.39, 0.29) is 23.1 Å². The van der Waals surface area contributed by atoms with Gasteiger partial charge in [-0.25, -0.2) is 22.0 Å². The van der Waals surface area contributed by atoms with E-state index in [1.165, 1.54) is 0 Å². The molecule has 0 radical (unpaired) electrons. The van der Waals surface area contributed by atoms with Gasteiger partial charge in [0, 0.05) is 18.2 Å². The molecule has 27 heavy (non-hydrogen) atoms. The molecule has 0 aromatic heterocycles. The third-order valence-electron chi connectivity index (χ3n) is 5.03. The van der Waals surface area contributed by atoms with Gasteiger partial charge in [-0.3, -0.25) is 4.79 Å². The highest BCUT2D eigenvalue weighted by molar-refractivity contribution is 7.91. The van der Waals surface area contributed by atoms with Crippen LogP contribution in [0.4, 0.5) is 8.78 Å². The molecule has 2 aliphatic rings. The number of rotatable bonds is 5. The summed E-state index contributed by atoms with van der Waals surface area (Å²) in [6, 6.07) is 1.80. The maximum Gasteiger partial charge on any atom is 0.338 e. The van der Waals surface area contributed by atoms with Crippen molar-refractivity contribution in [1.82, 2.24) is 4.90 Å². The lowest BCUT2D eigenvalue weighted by Crippen LogP contribution is -2.48. The summed E-state index contributed by atoms with van der Waals surface area (Å²) in [6.07, 6.45) is 3.84. The first kappa shape index (κ1) is 19.7. The second-order valence-electron chi connectivity index (χ2n) is 7.03. The monoisotopic (exact) mass is 401 g/mol. The number of ether oxygens (including phenoxy) is 1. The van der Waals surface area contributed by atoms with E-state index in [1.54, 1.807) is 4.90 Å². The fraction of sp³-hybridized carbons (Fsp3) is 0.556. The Balaban J connectivity index is 1.68. The molecule has 1 aliphatic heterocycles. The van der Waals surface area contributed by atoms with E-state index >= 15 is 0 Å². The number of hydrogen-bond acceptors (Lipinski definition) is 5. The number of amides is 1. The van der Waals surface area contributed by atoms with Crippen molar-refractivity contribution in [2.75, 3.05) is 18.1 Å². The van der Waals surface area contributed by atoms with Gasteiger partial charge in [0.15, 0.2) is 16.4 Å². The van der Waals surface area contributed by atoms with Gasteiger partial charge in [-0.05, 0) is 31.4 Å². The molecule has 6 nitrogen and oxygen atoms in total. The van der Waals surface area contributed by atoms with Crippen LogP contribution in [-0.4, -0.2) is 55.4 Å². The Labute approximate surface area is 156 Å². The number of carbonyl (C=O) groups is 2. The van der Waals surface area contributed by atoms with Gasteiger partial charge in [-0.2, -0.15) is 0 Å². The van der Waals surface area contributed by atoms with E-state index in [4.69, 9.17) is 4.74 Å². The fourth-order valence-corrected chi connectivity index (χ4v) is 5.55. The molecular formula is C18H21F2NO5S. The molecule has 1 aliphatic carbocycles. The van der Waals surface area contributed by atoms with Crippen molar-refractivity contribution >= 4 is 21.7 Å². The van der Waals surface area contributed by atoms with Crippen molar-refractivity contribution in [2.45, 2.75) is 44.2 Å². The molecule has 148 valence electrons. The predicted octanol–water partition coefficient (Wildman–Crippen LogP) is 2.08. The van der Waals surface area contributed by atoms with Crippen molar-refractivity contribution in [3.8, 4) is 0 Å². The summed E-state index contributed by atoms with van der Waals surface area (Å²) in [5.41, 5.74) is -0.323. The van der Waals surface area contributed by atoms with Crippen LogP contribution < -0.4 is 0 Å². The Hall–Kier alpha value is -2.03. The van der Waals surface area contributed by atoms with E-state index in [2.05, 4.69) is 0 Å². The highest BCUT2D eigenvalue weighted by Crippen LogP contribution is 2.29. The Morgan fingerprint density at radius 2 is 1.67 bits per heavy atom. The van der Waals surface area contributed by atoms with Gasteiger partial charge in [-0.1, -0.05) is 12.8 Å². The second-order valence-corrected chi connectivity index (χ2v) is 9.26. The lowest BCUT2D eigenvalue weighted by Gasteiger charge is -2.33. The third-order valence-corrected chi connectivity index (χ3v) is 6.78. The molecule has 1 aromatic rings. The SMILES string of the molecule is O=C(OCC(=O)N(C1CCCC1)[C@H]1CCS(=O)(=O)C1)c1cc(F)cc(F)c1. The first-order valence-corrected chi connectivity index (χ1v) is 10.7. The number of hydrogen-bond donors (Lipinski definition) is 0. The number of sulfone groups is 1. The Morgan fingerprint density at radius 1 is 1.04 bits per heavy atom. The van der Waals surface area contributed by atoms with Crippen LogP contribution in [0.3, 0.4) is 0 Å². The van der Waals surface area contributed by atoms with Crippen LogP contribution in [0.5, 0.6) is 0 Å². The molecule has 0 N–H and O–H groups in total. The summed E-state index contributed by atoms with van der Waals surface area (Å²) >= 11 is 0. The third kappa shape index (κ3) is 4.82. The number of benzene rings is 1. The Morgan fingerprint density at radius 3 is 2.22 bits per heavy atom. The number of carbonyl (C=O) groups excluding carboxylic acids is 2. The minimum absolute atomic E-state index is 0.0382. The molecule has 3 rings (SSSR count). The quantitative estimate of drug-likeness (QED) is 0.706. The second kappa shape index (κ2) is 7.92. The summed E-state index contributed by atoms with van der Waals surface area (Å²) < 4.78 is 55.0. The number of nitrogens with zero attached hydrogens (tertiary/aromatic N) is 1. The van der Waals surface area contributed by atoms with Gasteiger partial charge >= 0.3 is 5.97 Å². The molecule has 1 atom stereocenters. The zero-order valence-electron chi connectivity index (χ0n) is 14.7. The standard InChI is InChI=1S/C18H21F2NO5S/c19-13-7-12(8-14(20)9-13)18(23)26-10-17(22)21(15-3-1-2-4-15)16-5-6-27(24,25)11-16/h7-9,15-16H,1-6,10-11H2/t16-/m0/s1. The van der Waals surface area contributed by atoms with Gasteiger partial charge in [0.2, 0.25) is 0 Å². The van der Waals surface area contributed by atoms with Crippen molar-refractivity contribution < 1.29 is 31.5 Å². The molecule has 1 aromatic carbocycles. The lowest BCUT2D eigenvalue weighted by molar-refractivity contribution is -0.139. The molecule has 0 spiro atoms. The van der Waals surface area contributed by atoms with E-state index in [1.807, 2.05) is 0 Å². The normalized spacial score (nSPS) is 21.9. The van der Waals surface area contributed by atoms with Crippen LogP contribution in [0.15, 0.2) is 18.2 Å².